The fraction of sp³-hybridized carbons (Fsp3) is 0.286. The van der Waals surface area contributed by atoms with Crippen molar-refractivity contribution in [1.29, 1.82) is 0 Å². The molecule has 6 heteroatoms. The first kappa shape index (κ1) is 17.8. The third-order valence-electron chi connectivity index (χ3n) is 4.76. The van der Waals surface area contributed by atoms with Crippen LogP contribution < -0.4 is 5.32 Å². The normalized spacial score (nSPS) is 14.7. The average Bonchev–Trinajstić information content (AvgIpc) is 3.46. The van der Waals surface area contributed by atoms with Crippen LogP contribution in [-0.2, 0) is 12.8 Å². The third kappa shape index (κ3) is 4.39. The molecule has 1 atom stereocenters. The van der Waals surface area contributed by atoms with E-state index in [-0.39, 0.29) is 11.9 Å². The number of thioether (sulfide) groups is 1. The lowest BCUT2D eigenvalue weighted by Gasteiger charge is -2.18. The number of hydrogen-bond donors (Lipinski definition) is 1. The van der Waals surface area contributed by atoms with Crippen LogP contribution in [0.4, 0.5) is 0 Å². The predicted molar refractivity (Wildman–Crippen MR) is 106 cm³/mol. The predicted octanol–water partition coefficient (Wildman–Crippen LogP) is 3.99. The van der Waals surface area contributed by atoms with Gasteiger partial charge in [0, 0.05) is 37.0 Å². The SMILES string of the molecule is Cn1ccnc1[C@@H](NC(=O)c1ccc(CSc2ccccn2)cc1)C1CC1. The van der Waals surface area contributed by atoms with E-state index in [2.05, 4.69) is 15.3 Å². The minimum Gasteiger partial charge on any atom is -0.342 e. The topological polar surface area (TPSA) is 59.8 Å². The molecule has 138 valence electrons. The van der Waals surface area contributed by atoms with Crippen LogP contribution >= 0.6 is 11.8 Å². The molecule has 3 aromatic rings. The molecule has 1 N–H and O–H groups in total. The largest absolute Gasteiger partial charge is 0.342 e. The molecule has 4 rings (SSSR count). The first-order valence-corrected chi connectivity index (χ1v) is 10.1. The van der Waals surface area contributed by atoms with E-state index in [1.165, 1.54) is 5.56 Å². The number of benzene rings is 1. The van der Waals surface area contributed by atoms with Gasteiger partial charge in [0.25, 0.3) is 5.91 Å². The molecule has 2 heterocycles. The van der Waals surface area contributed by atoms with Gasteiger partial charge in [0.1, 0.15) is 5.82 Å². The maximum atomic E-state index is 12.7. The van der Waals surface area contributed by atoms with Gasteiger partial charge < -0.3 is 9.88 Å². The Morgan fingerprint density at radius 3 is 2.63 bits per heavy atom. The molecule has 0 saturated heterocycles. The van der Waals surface area contributed by atoms with Crippen molar-refractivity contribution in [3.8, 4) is 0 Å². The van der Waals surface area contributed by atoms with Crippen LogP contribution in [0.15, 0.2) is 66.1 Å². The van der Waals surface area contributed by atoms with Crippen molar-refractivity contribution in [2.24, 2.45) is 13.0 Å². The highest BCUT2D eigenvalue weighted by Crippen LogP contribution is 2.40. The van der Waals surface area contributed by atoms with Crippen LogP contribution in [0.5, 0.6) is 0 Å². The average molecular weight is 379 g/mol. The molecule has 1 amide bonds. The summed E-state index contributed by atoms with van der Waals surface area (Å²) in [4.78, 5) is 21.5. The van der Waals surface area contributed by atoms with Gasteiger partial charge in [-0.25, -0.2) is 9.97 Å². The molecule has 5 nitrogen and oxygen atoms in total. The quantitative estimate of drug-likeness (QED) is 0.632. The van der Waals surface area contributed by atoms with Crippen molar-refractivity contribution < 1.29 is 4.79 Å². The highest BCUT2D eigenvalue weighted by atomic mass is 32.2. The maximum Gasteiger partial charge on any atom is 0.251 e. The van der Waals surface area contributed by atoms with E-state index < -0.39 is 0 Å². The van der Waals surface area contributed by atoms with Gasteiger partial charge >= 0.3 is 0 Å². The summed E-state index contributed by atoms with van der Waals surface area (Å²) in [6.07, 6.45) is 7.78. The number of nitrogens with one attached hydrogen (secondary N) is 1. The number of aryl methyl sites for hydroxylation is 1. The Morgan fingerprint density at radius 1 is 1.19 bits per heavy atom. The van der Waals surface area contributed by atoms with Gasteiger partial charge in [0.2, 0.25) is 0 Å². The molecule has 1 aromatic carbocycles. The highest BCUT2D eigenvalue weighted by Gasteiger charge is 2.35. The smallest absolute Gasteiger partial charge is 0.251 e. The molecule has 1 saturated carbocycles. The minimum atomic E-state index is -0.0428. The van der Waals surface area contributed by atoms with E-state index >= 15 is 0 Å². The van der Waals surface area contributed by atoms with E-state index in [4.69, 9.17) is 0 Å². The van der Waals surface area contributed by atoms with Crippen molar-refractivity contribution in [3.05, 3.63) is 78.0 Å². The second-order valence-corrected chi connectivity index (χ2v) is 7.83. The molecule has 0 unspecified atom stereocenters. The van der Waals surface area contributed by atoms with Gasteiger partial charge in [-0.3, -0.25) is 4.79 Å². The van der Waals surface area contributed by atoms with Gasteiger partial charge in [0.15, 0.2) is 0 Å². The fourth-order valence-corrected chi connectivity index (χ4v) is 3.88. The van der Waals surface area contributed by atoms with Gasteiger partial charge in [-0.15, -0.1) is 11.8 Å². The lowest BCUT2D eigenvalue weighted by atomic mass is 10.1. The summed E-state index contributed by atoms with van der Waals surface area (Å²) in [6, 6.07) is 13.7. The zero-order valence-electron chi connectivity index (χ0n) is 15.2. The number of aromatic nitrogens is 3. The number of pyridine rings is 1. The monoisotopic (exact) mass is 378 g/mol. The summed E-state index contributed by atoms with van der Waals surface area (Å²) in [5, 5.41) is 4.18. The highest BCUT2D eigenvalue weighted by molar-refractivity contribution is 7.98. The van der Waals surface area contributed by atoms with Gasteiger partial charge in [-0.05, 0) is 48.6 Å². The Morgan fingerprint density at radius 2 is 2.00 bits per heavy atom. The molecule has 2 aromatic heterocycles. The molecule has 27 heavy (non-hydrogen) atoms. The number of nitrogens with zero attached hydrogens (tertiary/aromatic N) is 3. The summed E-state index contributed by atoms with van der Waals surface area (Å²) < 4.78 is 1.99. The van der Waals surface area contributed by atoms with E-state index in [1.807, 2.05) is 60.3 Å². The Bertz CT molecular complexity index is 903. The van der Waals surface area contributed by atoms with E-state index in [9.17, 15) is 4.79 Å². The Hall–Kier alpha value is -2.60. The molecule has 0 spiro atoms. The second-order valence-electron chi connectivity index (χ2n) is 6.84. The fourth-order valence-electron chi connectivity index (χ4n) is 3.07. The first-order chi connectivity index (χ1) is 13.2. The molecular weight excluding hydrogens is 356 g/mol. The van der Waals surface area contributed by atoms with E-state index in [0.29, 0.717) is 11.5 Å². The van der Waals surface area contributed by atoms with Crippen LogP contribution in [0.25, 0.3) is 0 Å². The lowest BCUT2D eigenvalue weighted by Crippen LogP contribution is -2.31. The van der Waals surface area contributed by atoms with E-state index in [1.54, 1.807) is 24.2 Å². The van der Waals surface area contributed by atoms with E-state index in [0.717, 1.165) is 29.4 Å². The maximum absolute atomic E-state index is 12.7. The Balaban J connectivity index is 1.39. The van der Waals surface area contributed by atoms with Crippen molar-refractivity contribution in [2.45, 2.75) is 29.7 Å². The number of hydrogen-bond acceptors (Lipinski definition) is 4. The molecule has 0 bridgehead atoms. The standard InChI is InChI=1S/C21H22N4OS/c1-25-13-12-23-20(25)19(16-9-10-16)24-21(26)17-7-5-15(6-8-17)14-27-18-4-2-3-11-22-18/h2-8,11-13,16,19H,9-10,14H2,1H3,(H,24,26)/t19-/m0/s1. The van der Waals surface area contributed by atoms with Crippen molar-refractivity contribution in [3.63, 3.8) is 0 Å². The number of carbonyl (C=O) groups is 1. The summed E-state index contributed by atoms with van der Waals surface area (Å²) in [5.41, 5.74) is 1.85. The zero-order valence-corrected chi connectivity index (χ0v) is 16.0. The van der Waals surface area contributed by atoms with Crippen molar-refractivity contribution in [1.82, 2.24) is 19.9 Å². The molecular formula is C21H22N4OS. The molecule has 0 aliphatic heterocycles. The molecule has 1 aliphatic carbocycles. The zero-order chi connectivity index (χ0) is 18.6. The number of carbonyl (C=O) groups excluding carboxylic acids is 1. The van der Waals surface area contributed by atoms with Crippen molar-refractivity contribution in [2.75, 3.05) is 0 Å². The molecule has 1 aliphatic rings. The van der Waals surface area contributed by atoms with Crippen molar-refractivity contribution >= 4 is 17.7 Å². The van der Waals surface area contributed by atoms with Crippen LogP contribution in [0, 0.1) is 5.92 Å². The Labute approximate surface area is 163 Å². The summed E-state index contributed by atoms with van der Waals surface area (Å²) in [5.74, 6) is 2.20. The first-order valence-electron chi connectivity index (χ1n) is 9.11. The lowest BCUT2D eigenvalue weighted by molar-refractivity contribution is 0.0929. The number of rotatable bonds is 7. The molecule has 0 radical (unpaired) electrons. The van der Waals surface area contributed by atoms with Gasteiger partial charge in [-0.1, -0.05) is 18.2 Å². The second kappa shape index (κ2) is 7.96. The number of imidazole rings is 1. The summed E-state index contributed by atoms with van der Waals surface area (Å²) in [6.45, 7) is 0. The third-order valence-corrected chi connectivity index (χ3v) is 5.77. The van der Waals surface area contributed by atoms with Gasteiger partial charge in [-0.2, -0.15) is 0 Å². The number of amides is 1. The summed E-state index contributed by atoms with van der Waals surface area (Å²) in [7, 11) is 1.97. The summed E-state index contributed by atoms with van der Waals surface area (Å²) >= 11 is 1.69. The van der Waals surface area contributed by atoms with Crippen LogP contribution in [0.2, 0.25) is 0 Å². The minimum absolute atomic E-state index is 0.0168. The Kier molecular flexibility index (Phi) is 5.25. The van der Waals surface area contributed by atoms with Crippen LogP contribution in [-0.4, -0.2) is 20.4 Å². The van der Waals surface area contributed by atoms with Crippen LogP contribution in [0.3, 0.4) is 0 Å². The van der Waals surface area contributed by atoms with Gasteiger partial charge in [0.05, 0.1) is 11.1 Å². The van der Waals surface area contributed by atoms with Crippen LogP contribution in [0.1, 0.15) is 40.6 Å². The molecule has 1 fully saturated rings.